The van der Waals surface area contributed by atoms with Crippen LogP contribution in [0, 0.1) is 0 Å². The van der Waals surface area contributed by atoms with Gasteiger partial charge in [0.25, 0.3) is 5.91 Å². The van der Waals surface area contributed by atoms with Crippen molar-refractivity contribution in [2.75, 3.05) is 44.8 Å². The first-order valence-corrected chi connectivity index (χ1v) is 9.81. The highest BCUT2D eigenvalue weighted by Gasteiger charge is 2.22. The van der Waals surface area contributed by atoms with Crippen LogP contribution in [-0.2, 0) is 9.53 Å². The fourth-order valence-electron chi connectivity index (χ4n) is 3.34. The summed E-state index contributed by atoms with van der Waals surface area (Å²) in [5.41, 5.74) is 2.16. The Hall–Kier alpha value is -3.95. The fourth-order valence-corrected chi connectivity index (χ4v) is 3.34. The maximum atomic E-state index is 12.5. The zero-order valence-electron chi connectivity index (χ0n) is 17.0. The van der Waals surface area contributed by atoms with Crippen molar-refractivity contribution >= 4 is 17.6 Å². The van der Waals surface area contributed by atoms with E-state index in [0.29, 0.717) is 37.4 Å². The van der Waals surface area contributed by atoms with Crippen LogP contribution in [0.1, 0.15) is 10.4 Å². The van der Waals surface area contributed by atoms with Crippen molar-refractivity contribution in [2.45, 2.75) is 0 Å². The van der Waals surface area contributed by atoms with Crippen LogP contribution in [-0.4, -0.2) is 76.9 Å². The topological polar surface area (TPSA) is 103 Å². The first-order chi connectivity index (χ1) is 15.1. The highest BCUT2D eigenvalue weighted by molar-refractivity contribution is 5.91. The zero-order valence-corrected chi connectivity index (χ0v) is 17.0. The standard InChI is InChI=1S/C21H22N6O4/c1-30-19-8-6-17(7-9-19)25-10-12-26(13-11-25)20(28)14-31-21(29)16-2-4-18(5-3-16)27-15-22-23-24-27/h2-9,15H,10-14H2,1H3. The van der Waals surface area contributed by atoms with Gasteiger partial charge in [-0.25, -0.2) is 9.48 Å². The number of carbonyl (C=O) groups excluding carboxylic acids is 2. The molecule has 2 heterocycles. The van der Waals surface area contributed by atoms with Crippen LogP contribution in [0.3, 0.4) is 0 Å². The molecule has 0 bridgehead atoms. The van der Waals surface area contributed by atoms with Crippen LogP contribution in [0.4, 0.5) is 5.69 Å². The quantitative estimate of drug-likeness (QED) is 0.546. The molecule has 31 heavy (non-hydrogen) atoms. The highest BCUT2D eigenvalue weighted by atomic mass is 16.5. The molecular weight excluding hydrogens is 400 g/mol. The van der Waals surface area contributed by atoms with Crippen molar-refractivity contribution in [3.63, 3.8) is 0 Å². The molecule has 0 spiro atoms. The molecule has 10 heteroatoms. The highest BCUT2D eigenvalue weighted by Crippen LogP contribution is 2.20. The van der Waals surface area contributed by atoms with Crippen LogP contribution in [0.25, 0.3) is 5.69 Å². The van der Waals surface area contributed by atoms with E-state index >= 15 is 0 Å². The van der Waals surface area contributed by atoms with Gasteiger partial charge in [-0.2, -0.15) is 0 Å². The van der Waals surface area contributed by atoms with Crippen LogP contribution in [0.15, 0.2) is 54.9 Å². The second-order valence-corrected chi connectivity index (χ2v) is 6.94. The number of carbonyl (C=O) groups is 2. The number of anilines is 1. The van der Waals surface area contributed by atoms with E-state index in [1.54, 1.807) is 36.3 Å². The van der Waals surface area contributed by atoms with Crippen LogP contribution in [0.5, 0.6) is 5.75 Å². The van der Waals surface area contributed by atoms with E-state index in [0.717, 1.165) is 11.4 Å². The summed E-state index contributed by atoms with van der Waals surface area (Å²) < 4.78 is 11.9. The van der Waals surface area contributed by atoms with E-state index in [1.165, 1.54) is 11.0 Å². The number of amides is 1. The monoisotopic (exact) mass is 422 g/mol. The first-order valence-electron chi connectivity index (χ1n) is 9.81. The van der Waals surface area contributed by atoms with E-state index in [9.17, 15) is 9.59 Å². The van der Waals surface area contributed by atoms with Crippen molar-refractivity contribution < 1.29 is 19.1 Å². The molecule has 0 unspecified atom stereocenters. The van der Waals surface area contributed by atoms with Gasteiger partial charge in [0, 0.05) is 31.9 Å². The zero-order chi connectivity index (χ0) is 21.6. The van der Waals surface area contributed by atoms with Gasteiger partial charge in [0.1, 0.15) is 12.1 Å². The van der Waals surface area contributed by atoms with Gasteiger partial charge in [0.15, 0.2) is 6.61 Å². The number of ether oxygens (including phenoxy) is 2. The second-order valence-electron chi connectivity index (χ2n) is 6.94. The predicted octanol–water partition coefficient (Wildman–Crippen LogP) is 1.18. The number of methoxy groups -OCH3 is 1. The van der Waals surface area contributed by atoms with Gasteiger partial charge in [-0.1, -0.05) is 0 Å². The number of tetrazole rings is 1. The van der Waals surface area contributed by atoms with Crippen molar-refractivity contribution in [2.24, 2.45) is 0 Å². The van der Waals surface area contributed by atoms with Gasteiger partial charge in [-0.05, 0) is 59.0 Å². The van der Waals surface area contributed by atoms with Crippen LogP contribution >= 0.6 is 0 Å². The van der Waals surface area contributed by atoms with E-state index in [1.807, 2.05) is 24.3 Å². The minimum Gasteiger partial charge on any atom is -0.497 e. The molecular formula is C21H22N6O4. The molecule has 0 saturated carbocycles. The van der Waals surface area contributed by atoms with Gasteiger partial charge in [-0.3, -0.25) is 4.79 Å². The van der Waals surface area contributed by atoms with E-state index in [-0.39, 0.29) is 12.5 Å². The van der Waals surface area contributed by atoms with Gasteiger partial charge in [0.05, 0.1) is 18.4 Å². The molecule has 160 valence electrons. The van der Waals surface area contributed by atoms with E-state index < -0.39 is 5.97 Å². The van der Waals surface area contributed by atoms with Crippen molar-refractivity contribution in [3.05, 3.63) is 60.4 Å². The molecule has 1 aromatic heterocycles. The Balaban J connectivity index is 1.25. The molecule has 0 atom stereocenters. The van der Waals surface area contributed by atoms with Crippen molar-refractivity contribution in [1.29, 1.82) is 0 Å². The summed E-state index contributed by atoms with van der Waals surface area (Å²) >= 11 is 0. The lowest BCUT2D eigenvalue weighted by molar-refractivity contribution is -0.134. The third-order valence-corrected chi connectivity index (χ3v) is 5.11. The summed E-state index contributed by atoms with van der Waals surface area (Å²) in [6, 6.07) is 14.5. The smallest absolute Gasteiger partial charge is 0.338 e. The van der Waals surface area contributed by atoms with Gasteiger partial charge < -0.3 is 19.3 Å². The Bertz CT molecular complexity index is 1010. The number of benzene rings is 2. The number of esters is 1. The Morgan fingerprint density at radius 3 is 2.23 bits per heavy atom. The minimum absolute atomic E-state index is 0.201. The molecule has 0 aliphatic carbocycles. The average molecular weight is 422 g/mol. The molecule has 1 aliphatic rings. The Morgan fingerprint density at radius 1 is 0.935 bits per heavy atom. The largest absolute Gasteiger partial charge is 0.497 e. The summed E-state index contributed by atoms with van der Waals surface area (Å²) in [4.78, 5) is 28.6. The Kier molecular flexibility index (Phi) is 6.06. The maximum absolute atomic E-state index is 12.5. The summed E-state index contributed by atoms with van der Waals surface area (Å²) in [6.45, 7) is 2.29. The van der Waals surface area contributed by atoms with Crippen LogP contribution in [0.2, 0.25) is 0 Å². The molecule has 1 amide bonds. The first kappa shape index (κ1) is 20.3. The summed E-state index contributed by atoms with van der Waals surface area (Å²) in [7, 11) is 1.64. The third-order valence-electron chi connectivity index (χ3n) is 5.11. The van der Waals surface area contributed by atoms with Crippen molar-refractivity contribution in [3.8, 4) is 11.4 Å². The number of nitrogens with zero attached hydrogens (tertiary/aromatic N) is 6. The molecule has 3 aromatic rings. The molecule has 0 radical (unpaired) electrons. The summed E-state index contributed by atoms with van der Waals surface area (Å²) in [5, 5.41) is 10.9. The second kappa shape index (κ2) is 9.24. The van der Waals surface area contributed by atoms with Gasteiger partial charge in [0.2, 0.25) is 0 Å². The SMILES string of the molecule is COc1ccc(N2CCN(C(=O)COC(=O)c3ccc(-n4cnnn4)cc3)CC2)cc1. The maximum Gasteiger partial charge on any atom is 0.338 e. The molecule has 1 fully saturated rings. The molecule has 0 N–H and O–H groups in total. The van der Waals surface area contributed by atoms with Gasteiger partial charge >= 0.3 is 5.97 Å². The Morgan fingerprint density at radius 2 is 1.61 bits per heavy atom. The van der Waals surface area contributed by atoms with E-state index in [2.05, 4.69) is 20.4 Å². The molecule has 2 aromatic carbocycles. The fraction of sp³-hybridized carbons (Fsp3) is 0.286. The molecule has 1 saturated heterocycles. The third kappa shape index (κ3) is 4.80. The van der Waals surface area contributed by atoms with E-state index in [4.69, 9.17) is 9.47 Å². The number of hydrogen-bond donors (Lipinski definition) is 0. The lowest BCUT2D eigenvalue weighted by Gasteiger charge is -2.36. The van der Waals surface area contributed by atoms with Crippen LogP contribution < -0.4 is 9.64 Å². The van der Waals surface area contributed by atoms with Gasteiger partial charge in [-0.15, -0.1) is 5.10 Å². The normalized spacial score (nSPS) is 13.7. The van der Waals surface area contributed by atoms with Crippen molar-refractivity contribution in [1.82, 2.24) is 25.1 Å². The lowest BCUT2D eigenvalue weighted by Crippen LogP contribution is -2.49. The number of aromatic nitrogens is 4. The average Bonchev–Trinajstić information content (AvgIpc) is 3.38. The molecule has 1 aliphatic heterocycles. The Labute approximate surface area is 179 Å². The molecule has 4 rings (SSSR count). The number of rotatable bonds is 6. The predicted molar refractivity (Wildman–Crippen MR) is 111 cm³/mol. The summed E-state index contributed by atoms with van der Waals surface area (Å²) in [6.07, 6.45) is 1.46. The summed E-state index contributed by atoms with van der Waals surface area (Å²) in [5.74, 6) is 0.0611. The number of hydrogen-bond acceptors (Lipinski definition) is 8. The number of piperazine rings is 1. The lowest BCUT2D eigenvalue weighted by atomic mass is 10.2. The molecule has 10 nitrogen and oxygen atoms in total. The minimum atomic E-state index is -0.548.